The molecular weight excluding hydrogens is 304 g/mol. The van der Waals surface area contributed by atoms with E-state index in [0.717, 1.165) is 11.1 Å². The number of carbonyl (C=O) groups excluding carboxylic acids is 1. The average Bonchev–Trinajstić information content (AvgIpc) is 2.81. The molecule has 6 heteroatoms. The molecule has 0 saturated heterocycles. The van der Waals surface area contributed by atoms with Gasteiger partial charge in [0.05, 0.1) is 0 Å². The van der Waals surface area contributed by atoms with Gasteiger partial charge in [0.25, 0.3) is 5.91 Å². The zero-order chi connectivity index (χ0) is 18.3. The summed E-state index contributed by atoms with van der Waals surface area (Å²) in [6, 6.07) is 3.49. The number of phenolic OH excluding ortho intramolecular Hbond substituents is 1. The van der Waals surface area contributed by atoms with Crippen LogP contribution in [-0.2, 0) is 17.9 Å². The van der Waals surface area contributed by atoms with Crippen molar-refractivity contribution >= 4 is 11.9 Å². The highest BCUT2D eigenvalue weighted by Gasteiger charge is 2.28. The van der Waals surface area contributed by atoms with Crippen LogP contribution in [0.25, 0.3) is 0 Å². The fraction of sp³-hybridized carbons (Fsp3) is 0.500. The van der Waals surface area contributed by atoms with Crippen LogP contribution >= 0.6 is 0 Å². The number of aryl methyl sites for hydroxylation is 1. The Hall–Kier alpha value is -2.37. The molecule has 0 radical (unpaired) electrons. The summed E-state index contributed by atoms with van der Waals surface area (Å²) in [5.41, 5.74) is 1.41. The van der Waals surface area contributed by atoms with Crippen molar-refractivity contribution in [1.82, 2.24) is 14.8 Å². The number of hydrogen-bond donors (Lipinski definition) is 2. The van der Waals surface area contributed by atoms with E-state index in [1.165, 1.54) is 11.0 Å². The van der Waals surface area contributed by atoms with Gasteiger partial charge in [-0.25, -0.2) is 4.68 Å². The van der Waals surface area contributed by atoms with Crippen LogP contribution < -0.4 is 5.32 Å². The third-order valence-corrected chi connectivity index (χ3v) is 3.92. The van der Waals surface area contributed by atoms with Gasteiger partial charge in [0, 0.05) is 23.7 Å². The molecule has 0 atom stereocenters. The van der Waals surface area contributed by atoms with Crippen LogP contribution in [0.1, 0.15) is 63.0 Å². The van der Waals surface area contributed by atoms with E-state index in [1.54, 1.807) is 19.2 Å². The maximum Gasteiger partial charge on any atom is 0.258 e. The van der Waals surface area contributed by atoms with Crippen LogP contribution in [-0.4, -0.2) is 25.8 Å². The number of nitrogens with zero attached hydrogens (tertiary/aromatic N) is 3. The molecule has 1 heterocycles. The number of benzene rings is 1. The smallest absolute Gasteiger partial charge is 0.258 e. The van der Waals surface area contributed by atoms with Crippen LogP contribution in [0.2, 0.25) is 0 Å². The van der Waals surface area contributed by atoms with E-state index in [4.69, 9.17) is 0 Å². The lowest BCUT2D eigenvalue weighted by atomic mass is 9.78. The van der Waals surface area contributed by atoms with Crippen molar-refractivity contribution in [3.63, 3.8) is 0 Å². The maximum atomic E-state index is 12.7. The number of aromatic hydroxyl groups is 1. The van der Waals surface area contributed by atoms with Gasteiger partial charge in [-0.2, -0.15) is 10.1 Å². The van der Waals surface area contributed by atoms with E-state index < -0.39 is 0 Å². The van der Waals surface area contributed by atoms with Crippen LogP contribution in [0.5, 0.6) is 5.75 Å². The largest absolute Gasteiger partial charge is 0.507 e. The van der Waals surface area contributed by atoms with Crippen LogP contribution in [0.3, 0.4) is 0 Å². The Bertz CT molecular complexity index is 729. The average molecular weight is 330 g/mol. The molecule has 1 aromatic carbocycles. The number of phenols is 1. The molecule has 24 heavy (non-hydrogen) atoms. The molecule has 0 aliphatic rings. The molecule has 2 rings (SSSR count). The molecule has 0 fully saturated rings. The number of hydrogen-bond acceptors (Lipinski definition) is 4. The van der Waals surface area contributed by atoms with Gasteiger partial charge in [-0.05, 0) is 23.0 Å². The highest BCUT2D eigenvalue weighted by atomic mass is 16.3. The van der Waals surface area contributed by atoms with Gasteiger partial charge in [-0.3, -0.25) is 10.1 Å². The third kappa shape index (κ3) is 3.58. The van der Waals surface area contributed by atoms with E-state index >= 15 is 0 Å². The fourth-order valence-corrected chi connectivity index (χ4v) is 2.49. The maximum absolute atomic E-state index is 12.7. The highest BCUT2D eigenvalue weighted by molar-refractivity contribution is 6.03. The molecule has 2 aromatic rings. The minimum atomic E-state index is -0.287. The van der Waals surface area contributed by atoms with Crippen molar-refractivity contribution < 1.29 is 9.90 Å². The topological polar surface area (TPSA) is 80.0 Å². The van der Waals surface area contributed by atoms with Crippen molar-refractivity contribution in [2.24, 2.45) is 7.05 Å². The first-order chi connectivity index (χ1) is 10.9. The van der Waals surface area contributed by atoms with E-state index in [0.29, 0.717) is 11.5 Å². The van der Waals surface area contributed by atoms with Crippen molar-refractivity contribution in [3.05, 3.63) is 35.2 Å². The summed E-state index contributed by atoms with van der Waals surface area (Å²) >= 11 is 0. The molecule has 0 bridgehead atoms. The Morgan fingerprint density at radius 3 is 1.96 bits per heavy atom. The number of nitrogens with one attached hydrogen (secondary N) is 1. The Balaban J connectivity index is 2.54. The fourth-order valence-electron chi connectivity index (χ4n) is 2.49. The Labute approximate surface area is 142 Å². The van der Waals surface area contributed by atoms with Gasteiger partial charge < -0.3 is 5.11 Å². The van der Waals surface area contributed by atoms with Crippen LogP contribution in [0, 0.1) is 0 Å². The Morgan fingerprint density at radius 1 is 1.08 bits per heavy atom. The lowest BCUT2D eigenvalue weighted by Crippen LogP contribution is -2.21. The molecule has 1 amide bonds. The number of aromatic nitrogens is 3. The number of amides is 1. The molecule has 0 spiro atoms. The van der Waals surface area contributed by atoms with Gasteiger partial charge in [0.2, 0.25) is 5.95 Å². The lowest BCUT2D eigenvalue weighted by molar-refractivity contribution is 0.102. The lowest BCUT2D eigenvalue weighted by Gasteiger charge is -2.28. The third-order valence-electron chi connectivity index (χ3n) is 3.92. The quantitative estimate of drug-likeness (QED) is 0.885. The van der Waals surface area contributed by atoms with Crippen molar-refractivity contribution in [2.45, 2.75) is 52.4 Å². The van der Waals surface area contributed by atoms with Gasteiger partial charge in [-0.15, -0.1) is 0 Å². The molecule has 1 aromatic heterocycles. The number of anilines is 1. The summed E-state index contributed by atoms with van der Waals surface area (Å²) < 4.78 is 1.49. The van der Waals surface area contributed by atoms with Gasteiger partial charge in [-0.1, -0.05) is 41.5 Å². The molecule has 130 valence electrons. The normalized spacial score (nSPS) is 12.3. The minimum absolute atomic E-state index is 0.255. The first kappa shape index (κ1) is 18.0. The van der Waals surface area contributed by atoms with Crippen LogP contribution in [0.15, 0.2) is 18.5 Å². The zero-order valence-electron chi connectivity index (χ0n) is 15.4. The monoisotopic (exact) mass is 330 g/mol. The Kier molecular flexibility index (Phi) is 4.44. The van der Waals surface area contributed by atoms with Gasteiger partial charge in [0.1, 0.15) is 12.1 Å². The minimum Gasteiger partial charge on any atom is -0.507 e. The van der Waals surface area contributed by atoms with E-state index in [1.807, 2.05) is 41.5 Å². The van der Waals surface area contributed by atoms with E-state index in [9.17, 15) is 9.90 Å². The van der Waals surface area contributed by atoms with Crippen molar-refractivity contribution in [1.29, 1.82) is 0 Å². The summed E-state index contributed by atoms with van der Waals surface area (Å²) in [7, 11) is 1.71. The predicted molar refractivity (Wildman–Crippen MR) is 94.5 cm³/mol. The van der Waals surface area contributed by atoms with Gasteiger partial charge in [0.15, 0.2) is 0 Å². The second-order valence-electron chi connectivity index (χ2n) is 8.08. The molecule has 6 nitrogen and oxygen atoms in total. The summed E-state index contributed by atoms with van der Waals surface area (Å²) in [5, 5.41) is 17.4. The van der Waals surface area contributed by atoms with Crippen LogP contribution in [0.4, 0.5) is 5.95 Å². The standard InChI is InChI=1S/C18H26N4O2/c1-17(2,3)12-8-11(9-13(14(12)23)18(4,5)6)15(24)21-16-19-10-20-22(16)7/h8-10,23H,1-7H3,(H,19,20,21,24). The summed E-state index contributed by atoms with van der Waals surface area (Å²) in [6.07, 6.45) is 1.38. The second kappa shape index (κ2) is 5.92. The molecular formula is C18H26N4O2. The summed E-state index contributed by atoms with van der Waals surface area (Å²) in [5.74, 6) is 0.356. The molecule has 0 aliphatic heterocycles. The highest BCUT2D eigenvalue weighted by Crippen LogP contribution is 2.39. The SMILES string of the molecule is Cn1ncnc1NC(=O)c1cc(C(C)(C)C)c(O)c(C(C)(C)C)c1. The number of carbonyl (C=O) groups is 1. The summed E-state index contributed by atoms with van der Waals surface area (Å²) in [4.78, 5) is 16.7. The predicted octanol–water partition coefficient (Wildman–Crippen LogP) is 3.37. The molecule has 2 N–H and O–H groups in total. The van der Waals surface area contributed by atoms with Crippen molar-refractivity contribution in [2.75, 3.05) is 5.32 Å². The Morgan fingerprint density at radius 2 is 1.58 bits per heavy atom. The first-order valence-corrected chi connectivity index (χ1v) is 7.94. The van der Waals surface area contributed by atoms with E-state index in [2.05, 4.69) is 15.4 Å². The molecule has 0 saturated carbocycles. The summed E-state index contributed by atoms with van der Waals surface area (Å²) in [6.45, 7) is 12.1. The van der Waals surface area contributed by atoms with Gasteiger partial charge >= 0.3 is 0 Å². The zero-order valence-corrected chi connectivity index (χ0v) is 15.4. The molecule has 0 unspecified atom stereocenters. The van der Waals surface area contributed by atoms with E-state index in [-0.39, 0.29) is 22.5 Å². The second-order valence-corrected chi connectivity index (χ2v) is 8.08. The number of rotatable bonds is 2. The van der Waals surface area contributed by atoms with Crippen molar-refractivity contribution in [3.8, 4) is 5.75 Å². The molecule has 0 aliphatic carbocycles. The first-order valence-electron chi connectivity index (χ1n) is 7.94.